The van der Waals surface area contributed by atoms with Crippen LogP contribution in [0.5, 0.6) is 0 Å². The normalized spacial score (nSPS) is 18.7. The van der Waals surface area contributed by atoms with Crippen LogP contribution in [0.3, 0.4) is 0 Å². The fraction of sp³-hybridized carbons (Fsp3) is 0.389. The van der Waals surface area contributed by atoms with E-state index in [1.54, 1.807) is 0 Å². The lowest BCUT2D eigenvalue weighted by molar-refractivity contribution is -0.159. The minimum atomic E-state index is -1.16. The molecule has 9 nitrogen and oxygen atoms in total. The van der Waals surface area contributed by atoms with E-state index in [2.05, 4.69) is 26.3 Å². The molecule has 0 saturated carbocycles. The van der Waals surface area contributed by atoms with Crippen LogP contribution in [0, 0.1) is 11.6 Å². The van der Waals surface area contributed by atoms with E-state index in [9.17, 15) is 23.5 Å². The second kappa shape index (κ2) is 7.93. The molecule has 0 radical (unpaired) electrons. The Morgan fingerprint density at radius 1 is 1.43 bits per heavy atom. The fourth-order valence-electron chi connectivity index (χ4n) is 3.55. The summed E-state index contributed by atoms with van der Waals surface area (Å²) in [5.41, 5.74) is 1.23. The van der Waals surface area contributed by atoms with Crippen LogP contribution in [0.25, 0.3) is 0 Å². The number of fused-ring (bicyclic) bond motifs is 3. The number of halogens is 3. The maximum atomic E-state index is 14.0. The molecular formula is C18H18BrF2N5O4. The smallest absolute Gasteiger partial charge is 0.322 e. The number of carbonyl (C=O) groups is 2. The number of nitrogens with zero attached hydrogens (tertiary/aromatic N) is 4. The first-order valence-corrected chi connectivity index (χ1v) is 9.92. The maximum Gasteiger partial charge on any atom is 0.322 e. The van der Waals surface area contributed by atoms with Gasteiger partial charge in [0.25, 0.3) is 5.91 Å². The first-order valence-electron chi connectivity index (χ1n) is 9.13. The highest BCUT2D eigenvalue weighted by molar-refractivity contribution is 9.10. The zero-order valence-corrected chi connectivity index (χ0v) is 17.4. The van der Waals surface area contributed by atoms with Crippen molar-refractivity contribution >= 4 is 33.6 Å². The van der Waals surface area contributed by atoms with Gasteiger partial charge in [-0.1, -0.05) is 15.9 Å². The second-order valence-corrected chi connectivity index (χ2v) is 7.94. The highest BCUT2D eigenvalue weighted by atomic mass is 79.9. The van der Waals surface area contributed by atoms with E-state index < -0.39 is 29.7 Å². The summed E-state index contributed by atoms with van der Waals surface area (Å²) in [4.78, 5) is 32.2. The summed E-state index contributed by atoms with van der Waals surface area (Å²) in [5.74, 6) is -2.69. The summed E-state index contributed by atoms with van der Waals surface area (Å²) in [7, 11) is 1.44. The zero-order valence-electron chi connectivity index (χ0n) is 15.9. The van der Waals surface area contributed by atoms with Crippen LogP contribution in [0.4, 0.5) is 19.3 Å². The minimum Gasteiger partial charge on any atom is -0.393 e. The molecule has 1 aromatic carbocycles. The highest BCUT2D eigenvalue weighted by Gasteiger charge is 2.35. The Hall–Kier alpha value is -2.57. The van der Waals surface area contributed by atoms with Crippen molar-refractivity contribution in [1.82, 2.24) is 19.7 Å². The summed E-state index contributed by atoms with van der Waals surface area (Å²) in [5, 5.41) is 17.3. The number of anilines is 1. The average molecular weight is 486 g/mol. The lowest BCUT2D eigenvalue weighted by atomic mass is 10.1. The summed E-state index contributed by atoms with van der Waals surface area (Å²) in [6.07, 6.45) is -0.241. The Labute approximate surface area is 178 Å². The van der Waals surface area contributed by atoms with Crippen LogP contribution in [-0.2, 0) is 24.3 Å². The van der Waals surface area contributed by atoms with Gasteiger partial charge in [-0.25, -0.2) is 18.6 Å². The van der Waals surface area contributed by atoms with Gasteiger partial charge < -0.3 is 15.3 Å². The number of hydroxylamine groups is 2. The summed E-state index contributed by atoms with van der Waals surface area (Å²) in [6, 6.07) is 1.60. The van der Waals surface area contributed by atoms with Gasteiger partial charge in [0.05, 0.1) is 31.1 Å². The van der Waals surface area contributed by atoms with Crippen molar-refractivity contribution in [2.75, 3.05) is 25.5 Å². The van der Waals surface area contributed by atoms with Gasteiger partial charge in [0.15, 0.2) is 11.6 Å². The van der Waals surface area contributed by atoms with Gasteiger partial charge in [-0.2, -0.15) is 5.10 Å². The van der Waals surface area contributed by atoms with Gasteiger partial charge in [0.1, 0.15) is 11.8 Å². The molecule has 0 aliphatic carbocycles. The van der Waals surface area contributed by atoms with Gasteiger partial charge in [-0.05, 0) is 12.1 Å². The van der Waals surface area contributed by atoms with Crippen LogP contribution < -0.4 is 5.32 Å². The van der Waals surface area contributed by atoms with Gasteiger partial charge in [0, 0.05) is 30.0 Å². The summed E-state index contributed by atoms with van der Waals surface area (Å²) >= 11 is 3.07. The molecule has 2 N–H and O–H groups in total. The Balaban J connectivity index is 1.59. The zero-order chi connectivity index (χ0) is 21.6. The monoisotopic (exact) mass is 485 g/mol. The maximum absolute atomic E-state index is 14.0. The van der Waals surface area contributed by atoms with Crippen LogP contribution in [0.1, 0.15) is 21.7 Å². The van der Waals surface area contributed by atoms with Crippen LogP contribution >= 0.6 is 15.9 Å². The third-order valence-corrected chi connectivity index (χ3v) is 5.46. The van der Waals surface area contributed by atoms with Crippen molar-refractivity contribution in [2.45, 2.75) is 25.6 Å². The van der Waals surface area contributed by atoms with E-state index in [-0.39, 0.29) is 42.1 Å². The first kappa shape index (κ1) is 20.7. The standard InChI is InChI=1S/C18H18BrF2N5O4/c1-24-17(28)16-11-7-25(3-2-13(11)23-26(16)6-10(8-27)30-24)18(29)22-14-5-9(19)4-12(20)15(14)21/h4-5,10,27H,2-3,6-8H2,1H3,(H,22,29). The number of aliphatic hydroxyl groups is 1. The number of amides is 3. The molecule has 0 saturated heterocycles. The van der Waals surface area contributed by atoms with E-state index in [1.165, 1.54) is 22.7 Å². The largest absolute Gasteiger partial charge is 0.393 e. The number of urea groups is 1. The van der Waals surface area contributed by atoms with Crippen LogP contribution in [-0.4, -0.2) is 63.1 Å². The molecule has 4 rings (SSSR count). The predicted octanol–water partition coefficient (Wildman–Crippen LogP) is 1.89. The number of hydrogen-bond acceptors (Lipinski definition) is 5. The molecular weight excluding hydrogens is 468 g/mol. The Morgan fingerprint density at radius 2 is 2.20 bits per heavy atom. The van der Waals surface area contributed by atoms with Crippen molar-refractivity contribution in [3.8, 4) is 0 Å². The van der Waals surface area contributed by atoms with Crippen LogP contribution in [0.2, 0.25) is 0 Å². The molecule has 3 heterocycles. The Morgan fingerprint density at radius 3 is 2.93 bits per heavy atom. The van der Waals surface area contributed by atoms with Gasteiger partial charge >= 0.3 is 6.03 Å². The van der Waals surface area contributed by atoms with Crippen molar-refractivity contribution in [1.29, 1.82) is 0 Å². The molecule has 1 aromatic heterocycles. The third kappa shape index (κ3) is 3.66. The second-order valence-electron chi connectivity index (χ2n) is 7.02. The molecule has 2 aromatic rings. The Bertz CT molecular complexity index is 1030. The van der Waals surface area contributed by atoms with Gasteiger partial charge in [-0.3, -0.25) is 14.3 Å². The average Bonchev–Trinajstić information content (AvgIpc) is 3.01. The lowest BCUT2D eigenvalue weighted by Gasteiger charge is -2.27. The summed E-state index contributed by atoms with van der Waals surface area (Å²) < 4.78 is 29.4. The molecule has 160 valence electrons. The molecule has 1 unspecified atom stereocenters. The molecule has 0 fully saturated rings. The Kier molecular flexibility index (Phi) is 5.47. The van der Waals surface area contributed by atoms with Crippen molar-refractivity contribution in [3.63, 3.8) is 0 Å². The van der Waals surface area contributed by atoms with Crippen molar-refractivity contribution in [3.05, 3.63) is 45.2 Å². The third-order valence-electron chi connectivity index (χ3n) is 5.00. The molecule has 0 spiro atoms. The topological polar surface area (TPSA) is 99.9 Å². The van der Waals surface area contributed by atoms with E-state index >= 15 is 0 Å². The predicted molar refractivity (Wildman–Crippen MR) is 103 cm³/mol. The van der Waals surface area contributed by atoms with Crippen molar-refractivity contribution in [2.24, 2.45) is 0 Å². The molecule has 2 aliphatic rings. The summed E-state index contributed by atoms with van der Waals surface area (Å²) in [6.45, 7) is 0.254. The SMILES string of the molecule is CN1OC(CO)Cn2nc3c(c2C1=O)CN(C(=O)Nc1cc(Br)cc(F)c1F)CC3. The molecule has 1 atom stereocenters. The quantitative estimate of drug-likeness (QED) is 0.632. The number of aromatic nitrogens is 2. The molecule has 2 aliphatic heterocycles. The van der Waals surface area contributed by atoms with E-state index in [1.807, 2.05) is 0 Å². The van der Waals surface area contributed by atoms with Crippen LogP contribution in [0.15, 0.2) is 16.6 Å². The number of rotatable bonds is 2. The lowest BCUT2D eigenvalue weighted by Crippen LogP contribution is -2.40. The van der Waals surface area contributed by atoms with E-state index in [0.717, 1.165) is 11.1 Å². The van der Waals surface area contributed by atoms with E-state index in [0.29, 0.717) is 17.7 Å². The first-order chi connectivity index (χ1) is 14.3. The van der Waals surface area contributed by atoms with E-state index in [4.69, 9.17) is 4.84 Å². The molecule has 12 heteroatoms. The number of carbonyl (C=O) groups excluding carboxylic acids is 2. The fourth-order valence-corrected chi connectivity index (χ4v) is 3.98. The van der Waals surface area contributed by atoms with Gasteiger partial charge in [0.2, 0.25) is 0 Å². The van der Waals surface area contributed by atoms with Crippen molar-refractivity contribution < 1.29 is 28.3 Å². The molecule has 3 amide bonds. The molecule has 0 bridgehead atoms. The highest BCUT2D eigenvalue weighted by Crippen LogP contribution is 2.28. The number of hydrogen-bond donors (Lipinski definition) is 2. The van der Waals surface area contributed by atoms with Gasteiger partial charge in [-0.15, -0.1) is 0 Å². The molecule has 30 heavy (non-hydrogen) atoms. The minimum absolute atomic E-state index is 0.0674. The number of benzene rings is 1. The number of aliphatic hydroxyl groups excluding tert-OH is 1. The number of nitrogens with one attached hydrogen (secondary N) is 1.